The molecule has 0 spiro atoms. The molecule has 1 aromatic carbocycles. The highest BCUT2D eigenvalue weighted by atomic mass is 32.1. The van der Waals surface area contributed by atoms with Gasteiger partial charge in [-0.2, -0.15) is 13.2 Å². The van der Waals surface area contributed by atoms with Crippen molar-refractivity contribution >= 4 is 17.2 Å². The van der Waals surface area contributed by atoms with Gasteiger partial charge in [-0.3, -0.25) is 9.78 Å². The summed E-state index contributed by atoms with van der Waals surface area (Å²) in [6.45, 7) is 2.50. The van der Waals surface area contributed by atoms with Gasteiger partial charge >= 0.3 is 6.18 Å². The summed E-state index contributed by atoms with van der Waals surface area (Å²) >= 11 is 1.35. The van der Waals surface area contributed by atoms with Gasteiger partial charge in [0.15, 0.2) is 0 Å². The highest BCUT2D eigenvalue weighted by molar-refractivity contribution is 7.11. The van der Waals surface area contributed by atoms with Crippen LogP contribution < -0.4 is 0 Å². The molecule has 30 heavy (non-hydrogen) atoms. The number of carbonyl (C=O) groups excluding carboxylic acids is 1. The molecule has 0 unspecified atom stereocenters. The smallest absolute Gasteiger partial charge is 0.329 e. The van der Waals surface area contributed by atoms with Crippen LogP contribution in [0.5, 0.6) is 0 Å². The van der Waals surface area contributed by atoms with Gasteiger partial charge in [0.05, 0.1) is 28.5 Å². The molecule has 1 aliphatic rings. The highest BCUT2D eigenvalue weighted by Gasteiger charge is 2.33. The number of amides is 1. The summed E-state index contributed by atoms with van der Waals surface area (Å²) in [6.07, 6.45) is -2.18. The predicted molar refractivity (Wildman–Crippen MR) is 108 cm³/mol. The van der Waals surface area contributed by atoms with Crippen LogP contribution in [0.4, 0.5) is 13.2 Å². The van der Waals surface area contributed by atoms with E-state index >= 15 is 0 Å². The number of benzene rings is 1. The molecular weight excluding hydrogens is 411 g/mol. The van der Waals surface area contributed by atoms with Gasteiger partial charge in [0.2, 0.25) is 0 Å². The second kappa shape index (κ2) is 8.18. The van der Waals surface area contributed by atoms with E-state index in [1.54, 1.807) is 5.51 Å². The zero-order valence-electron chi connectivity index (χ0n) is 16.3. The van der Waals surface area contributed by atoms with E-state index in [4.69, 9.17) is 4.98 Å². The topological polar surface area (TPSA) is 46.1 Å². The molecule has 3 aromatic rings. The first-order chi connectivity index (χ1) is 14.3. The third-order valence-corrected chi connectivity index (χ3v) is 6.21. The summed E-state index contributed by atoms with van der Waals surface area (Å²) in [5.41, 5.74) is 4.09. The Morgan fingerprint density at radius 2 is 1.97 bits per heavy atom. The predicted octanol–water partition coefficient (Wildman–Crippen LogP) is 5.43. The van der Waals surface area contributed by atoms with E-state index < -0.39 is 11.7 Å². The number of aromatic nitrogens is 2. The molecule has 0 N–H and O–H groups in total. The number of thiazole rings is 1. The molecule has 1 saturated heterocycles. The monoisotopic (exact) mass is 431 g/mol. The Kier molecular flexibility index (Phi) is 5.60. The quantitative estimate of drug-likeness (QED) is 0.553. The van der Waals surface area contributed by atoms with Crippen molar-refractivity contribution in [3.63, 3.8) is 0 Å². The molecule has 8 heteroatoms. The van der Waals surface area contributed by atoms with Gasteiger partial charge in [0.1, 0.15) is 4.88 Å². The normalized spacial score (nSPS) is 16.8. The van der Waals surface area contributed by atoms with Crippen molar-refractivity contribution in [1.82, 2.24) is 14.9 Å². The molecule has 4 nitrogen and oxygen atoms in total. The van der Waals surface area contributed by atoms with Crippen LogP contribution in [0.3, 0.4) is 0 Å². The van der Waals surface area contributed by atoms with Crippen LogP contribution in [0.15, 0.2) is 48.0 Å². The highest BCUT2D eigenvalue weighted by Crippen LogP contribution is 2.34. The Balaban J connectivity index is 1.53. The SMILES string of the molecule is Cc1ncsc1C(=O)N1CCC[C@H]1c1cccc(Cc2ccc(C(F)(F)F)cc2)n1. The number of hydrogen-bond acceptors (Lipinski definition) is 4. The molecule has 0 radical (unpaired) electrons. The van der Waals surface area contributed by atoms with Gasteiger partial charge in [-0.05, 0) is 49.6 Å². The van der Waals surface area contributed by atoms with Crippen molar-refractivity contribution in [2.45, 2.75) is 38.4 Å². The van der Waals surface area contributed by atoms with E-state index in [0.29, 0.717) is 17.8 Å². The van der Waals surface area contributed by atoms with Crippen molar-refractivity contribution in [2.75, 3.05) is 6.54 Å². The lowest BCUT2D eigenvalue weighted by atomic mass is 10.1. The zero-order valence-corrected chi connectivity index (χ0v) is 17.1. The van der Waals surface area contributed by atoms with Crippen LogP contribution >= 0.6 is 11.3 Å². The standard InChI is InChI=1S/C22H20F3N3OS/c1-14-20(30-13-26-14)21(29)28-11-3-6-19(28)18-5-2-4-17(27-18)12-15-7-9-16(10-8-15)22(23,24)25/h2,4-5,7-10,13,19H,3,6,11-12H2,1H3/t19-/m0/s1. The Hall–Kier alpha value is -2.74. The molecule has 156 valence electrons. The van der Waals surface area contributed by atoms with Gasteiger partial charge in [-0.25, -0.2) is 4.98 Å². The Morgan fingerprint density at radius 1 is 1.20 bits per heavy atom. The molecule has 1 aliphatic heterocycles. The van der Waals surface area contributed by atoms with Crippen molar-refractivity contribution in [2.24, 2.45) is 0 Å². The van der Waals surface area contributed by atoms with Gasteiger partial charge in [0.25, 0.3) is 5.91 Å². The number of hydrogen-bond donors (Lipinski definition) is 0. The molecular formula is C22H20F3N3OS. The number of aryl methyl sites for hydroxylation is 1. The molecule has 4 rings (SSSR count). The number of nitrogens with zero attached hydrogens (tertiary/aromatic N) is 3. The minimum Gasteiger partial charge on any atom is -0.329 e. The summed E-state index contributed by atoms with van der Waals surface area (Å²) in [4.78, 5) is 24.4. The molecule has 0 saturated carbocycles. The first kappa shape index (κ1) is 20.5. The van der Waals surface area contributed by atoms with Gasteiger partial charge in [0, 0.05) is 18.7 Å². The van der Waals surface area contributed by atoms with E-state index in [0.717, 1.165) is 47.6 Å². The molecule has 1 amide bonds. The molecule has 0 aliphatic carbocycles. The summed E-state index contributed by atoms with van der Waals surface area (Å²) in [6, 6.07) is 10.7. The average Bonchev–Trinajstić information content (AvgIpc) is 3.36. The Labute approximate surface area is 176 Å². The summed E-state index contributed by atoms with van der Waals surface area (Å²) < 4.78 is 38.3. The van der Waals surface area contributed by atoms with Crippen LogP contribution in [0.25, 0.3) is 0 Å². The van der Waals surface area contributed by atoms with Crippen LogP contribution in [0.2, 0.25) is 0 Å². The van der Waals surface area contributed by atoms with Crippen LogP contribution in [0.1, 0.15) is 56.8 Å². The van der Waals surface area contributed by atoms with Gasteiger partial charge < -0.3 is 4.90 Å². The molecule has 2 aromatic heterocycles. The maximum atomic E-state index is 13.0. The Morgan fingerprint density at radius 3 is 2.63 bits per heavy atom. The first-order valence-corrected chi connectivity index (χ1v) is 10.5. The number of rotatable bonds is 4. The van der Waals surface area contributed by atoms with E-state index in [2.05, 4.69) is 4.98 Å². The van der Waals surface area contributed by atoms with Crippen LogP contribution in [-0.4, -0.2) is 27.3 Å². The fourth-order valence-corrected chi connectivity index (χ4v) is 4.52. The van der Waals surface area contributed by atoms with Crippen molar-refractivity contribution < 1.29 is 18.0 Å². The third-order valence-electron chi connectivity index (χ3n) is 5.29. The second-order valence-electron chi connectivity index (χ2n) is 7.35. The second-order valence-corrected chi connectivity index (χ2v) is 8.20. The van der Waals surface area contributed by atoms with Crippen LogP contribution in [-0.2, 0) is 12.6 Å². The van der Waals surface area contributed by atoms with Crippen molar-refractivity contribution in [3.8, 4) is 0 Å². The summed E-state index contributed by atoms with van der Waals surface area (Å²) in [5, 5.41) is 0. The van der Waals surface area contributed by atoms with E-state index in [1.807, 2.05) is 30.0 Å². The maximum absolute atomic E-state index is 13.0. The number of halogens is 3. The zero-order chi connectivity index (χ0) is 21.3. The number of likely N-dealkylation sites (tertiary alicyclic amines) is 1. The van der Waals surface area contributed by atoms with E-state index in [-0.39, 0.29) is 11.9 Å². The number of carbonyl (C=O) groups is 1. The van der Waals surface area contributed by atoms with Crippen LogP contribution in [0, 0.1) is 6.92 Å². The molecule has 1 fully saturated rings. The lowest BCUT2D eigenvalue weighted by molar-refractivity contribution is -0.137. The number of pyridine rings is 1. The van der Waals surface area contributed by atoms with Crippen molar-refractivity contribution in [1.29, 1.82) is 0 Å². The fourth-order valence-electron chi connectivity index (χ4n) is 3.76. The molecule has 0 bridgehead atoms. The first-order valence-electron chi connectivity index (χ1n) is 9.66. The minimum atomic E-state index is -4.34. The lowest BCUT2D eigenvalue weighted by Gasteiger charge is -2.24. The number of alkyl halides is 3. The Bertz CT molecular complexity index is 1050. The minimum absolute atomic E-state index is 0.0209. The molecule has 1 atom stereocenters. The maximum Gasteiger partial charge on any atom is 0.416 e. The largest absolute Gasteiger partial charge is 0.416 e. The van der Waals surface area contributed by atoms with Gasteiger partial charge in [-0.15, -0.1) is 11.3 Å². The fraction of sp³-hybridized carbons (Fsp3) is 0.318. The summed E-state index contributed by atoms with van der Waals surface area (Å²) in [5.74, 6) is -0.0209. The molecule has 3 heterocycles. The van der Waals surface area contributed by atoms with Crippen molar-refractivity contribution in [3.05, 3.63) is 81.1 Å². The van der Waals surface area contributed by atoms with Gasteiger partial charge in [-0.1, -0.05) is 18.2 Å². The lowest BCUT2D eigenvalue weighted by Crippen LogP contribution is -2.31. The average molecular weight is 431 g/mol. The van der Waals surface area contributed by atoms with E-state index in [1.165, 1.54) is 23.5 Å². The van der Waals surface area contributed by atoms with E-state index in [9.17, 15) is 18.0 Å². The third kappa shape index (κ3) is 4.23. The summed E-state index contributed by atoms with van der Waals surface area (Å²) in [7, 11) is 0.